The van der Waals surface area contributed by atoms with Gasteiger partial charge in [-0.3, -0.25) is 4.79 Å². The molecule has 0 unspecified atom stereocenters. The molecular formula is C23H23N7OS. The molecule has 5 rings (SSSR count). The lowest BCUT2D eigenvalue weighted by molar-refractivity contribution is -0.117. The van der Waals surface area contributed by atoms with Gasteiger partial charge in [0.15, 0.2) is 11.5 Å². The number of aryl methyl sites for hydroxylation is 1. The molecule has 8 nitrogen and oxygen atoms in total. The number of fused-ring (bicyclic) bond motifs is 3. The average Bonchev–Trinajstić information content (AvgIpc) is 3.40. The number of benzene rings is 1. The van der Waals surface area contributed by atoms with Gasteiger partial charge in [0, 0.05) is 45.4 Å². The molecule has 1 aromatic carbocycles. The molecule has 1 aliphatic heterocycles. The SMILES string of the molecule is CNc1nc2nc(-c3ccc(CNC(=O)C4=CC=CN(C)C4)cc3)sc2c2c1ncn2C. The number of nitrogens with one attached hydrogen (secondary N) is 2. The van der Waals surface area contributed by atoms with Gasteiger partial charge in [-0.2, -0.15) is 0 Å². The summed E-state index contributed by atoms with van der Waals surface area (Å²) in [6, 6.07) is 8.12. The summed E-state index contributed by atoms with van der Waals surface area (Å²) in [7, 11) is 5.77. The fourth-order valence-corrected chi connectivity index (χ4v) is 4.86. The van der Waals surface area contributed by atoms with Gasteiger partial charge in [0.05, 0.1) is 11.8 Å². The Hall–Kier alpha value is -3.72. The maximum absolute atomic E-state index is 12.4. The van der Waals surface area contributed by atoms with Crippen molar-refractivity contribution in [2.24, 2.45) is 7.05 Å². The Morgan fingerprint density at radius 3 is 2.75 bits per heavy atom. The van der Waals surface area contributed by atoms with Gasteiger partial charge in [-0.1, -0.05) is 30.3 Å². The summed E-state index contributed by atoms with van der Waals surface area (Å²) in [5.41, 5.74) is 5.40. The van der Waals surface area contributed by atoms with Crippen LogP contribution in [0.3, 0.4) is 0 Å². The summed E-state index contributed by atoms with van der Waals surface area (Å²) in [4.78, 5) is 28.3. The molecule has 0 saturated carbocycles. The van der Waals surface area contributed by atoms with Crippen molar-refractivity contribution in [2.75, 3.05) is 26.0 Å². The molecule has 4 aromatic rings. The first-order chi connectivity index (χ1) is 15.5. The van der Waals surface area contributed by atoms with E-state index in [1.165, 1.54) is 0 Å². The van der Waals surface area contributed by atoms with Crippen LogP contribution in [0.15, 0.2) is 54.5 Å². The quantitative estimate of drug-likeness (QED) is 0.490. The van der Waals surface area contributed by atoms with E-state index in [9.17, 15) is 4.79 Å². The average molecular weight is 446 g/mol. The number of hydrogen-bond donors (Lipinski definition) is 2. The van der Waals surface area contributed by atoms with Crippen molar-refractivity contribution in [1.29, 1.82) is 0 Å². The topological polar surface area (TPSA) is 88.0 Å². The van der Waals surface area contributed by atoms with Crippen LogP contribution in [0.2, 0.25) is 0 Å². The Kier molecular flexibility index (Phi) is 5.10. The Morgan fingerprint density at radius 1 is 1.19 bits per heavy atom. The van der Waals surface area contributed by atoms with E-state index in [-0.39, 0.29) is 5.91 Å². The minimum absolute atomic E-state index is 0.0388. The van der Waals surface area contributed by atoms with Crippen molar-refractivity contribution in [1.82, 2.24) is 29.7 Å². The monoisotopic (exact) mass is 445 g/mol. The Labute approximate surface area is 189 Å². The third-order valence-electron chi connectivity index (χ3n) is 5.44. The van der Waals surface area contributed by atoms with E-state index in [0.717, 1.165) is 43.3 Å². The zero-order valence-corrected chi connectivity index (χ0v) is 18.9. The van der Waals surface area contributed by atoms with Crippen LogP contribution in [0.1, 0.15) is 5.56 Å². The van der Waals surface area contributed by atoms with E-state index in [4.69, 9.17) is 4.98 Å². The number of imidazole rings is 1. The summed E-state index contributed by atoms with van der Waals surface area (Å²) < 4.78 is 3.02. The van der Waals surface area contributed by atoms with Crippen LogP contribution >= 0.6 is 11.3 Å². The second-order valence-corrected chi connectivity index (χ2v) is 8.76. The number of amides is 1. The maximum Gasteiger partial charge on any atom is 0.249 e. The highest BCUT2D eigenvalue weighted by atomic mass is 32.1. The number of nitrogens with zero attached hydrogens (tertiary/aromatic N) is 5. The highest BCUT2D eigenvalue weighted by Gasteiger charge is 2.17. The maximum atomic E-state index is 12.4. The number of hydrogen-bond acceptors (Lipinski definition) is 7. The summed E-state index contributed by atoms with van der Waals surface area (Å²) in [6.07, 6.45) is 7.50. The minimum atomic E-state index is -0.0388. The van der Waals surface area contributed by atoms with Gasteiger partial charge in [0.2, 0.25) is 5.91 Å². The Balaban J connectivity index is 1.36. The lowest BCUT2D eigenvalue weighted by Gasteiger charge is -2.19. The second-order valence-electron chi connectivity index (χ2n) is 7.76. The van der Waals surface area contributed by atoms with Gasteiger partial charge < -0.3 is 20.1 Å². The number of likely N-dealkylation sites (N-methyl/N-ethyl adjacent to an activating group) is 1. The highest BCUT2D eigenvalue weighted by Crippen LogP contribution is 2.35. The van der Waals surface area contributed by atoms with E-state index in [1.54, 1.807) is 17.7 Å². The molecule has 1 aliphatic rings. The third kappa shape index (κ3) is 3.60. The molecule has 162 valence electrons. The standard InChI is InChI=1S/C23H23N7OS/c1-24-20-17-18(30(3)13-26-17)19-21(27-20)28-23(32-19)15-8-6-14(7-9-15)11-25-22(31)16-5-4-10-29(2)12-16/h4-10,13H,11-12H2,1-3H3,(H,24,27)(H,25,31). The van der Waals surface area contributed by atoms with Gasteiger partial charge in [0.1, 0.15) is 15.2 Å². The van der Waals surface area contributed by atoms with Crippen molar-refractivity contribution < 1.29 is 4.79 Å². The first-order valence-corrected chi connectivity index (χ1v) is 11.1. The number of pyridine rings is 1. The van der Waals surface area contributed by atoms with Crippen LogP contribution in [0.4, 0.5) is 5.82 Å². The number of rotatable bonds is 5. The molecule has 9 heteroatoms. The van der Waals surface area contributed by atoms with Crippen molar-refractivity contribution in [2.45, 2.75) is 6.54 Å². The van der Waals surface area contributed by atoms with E-state index < -0.39 is 0 Å². The van der Waals surface area contributed by atoms with E-state index in [2.05, 4.69) is 20.6 Å². The van der Waals surface area contributed by atoms with Gasteiger partial charge in [-0.05, 0) is 17.8 Å². The van der Waals surface area contributed by atoms with Crippen molar-refractivity contribution in [3.8, 4) is 10.6 Å². The zero-order valence-electron chi connectivity index (χ0n) is 18.1. The van der Waals surface area contributed by atoms with E-state index in [1.807, 2.05) is 73.2 Å². The lowest BCUT2D eigenvalue weighted by Crippen LogP contribution is -2.30. The molecular weight excluding hydrogens is 422 g/mol. The van der Waals surface area contributed by atoms with Gasteiger partial charge >= 0.3 is 0 Å². The highest BCUT2D eigenvalue weighted by molar-refractivity contribution is 7.22. The molecule has 0 spiro atoms. The molecule has 2 N–H and O–H groups in total. The molecule has 3 aromatic heterocycles. The number of allylic oxidation sites excluding steroid dienone is 2. The molecule has 0 bridgehead atoms. The number of carbonyl (C=O) groups is 1. The molecule has 0 fully saturated rings. The van der Waals surface area contributed by atoms with E-state index in [0.29, 0.717) is 18.7 Å². The number of carbonyl (C=O) groups excluding carboxylic acids is 1. The van der Waals surface area contributed by atoms with Crippen molar-refractivity contribution in [3.05, 3.63) is 60.1 Å². The number of aromatic nitrogens is 4. The molecule has 32 heavy (non-hydrogen) atoms. The van der Waals surface area contributed by atoms with Gasteiger partial charge in [0.25, 0.3) is 0 Å². The fraction of sp³-hybridized carbons (Fsp3) is 0.217. The zero-order chi connectivity index (χ0) is 22.2. The Bertz CT molecular complexity index is 1380. The van der Waals surface area contributed by atoms with Crippen LogP contribution in [0.5, 0.6) is 0 Å². The summed E-state index contributed by atoms with van der Waals surface area (Å²) >= 11 is 1.61. The third-order valence-corrected chi connectivity index (χ3v) is 6.54. The molecule has 4 heterocycles. The minimum Gasteiger partial charge on any atom is -0.376 e. The smallest absolute Gasteiger partial charge is 0.249 e. The Morgan fingerprint density at radius 2 is 2.00 bits per heavy atom. The van der Waals surface area contributed by atoms with Crippen molar-refractivity contribution >= 4 is 44.4 Å². The van der Waals surface area contributed by atoms with Crippen LogP contribution in [-0.2, 0) is 18.4 Å². The summed E-state index contributed by atoms with van der Waals surface area (Å²) in [5.74, 6) is 0.689. The molecule has 0 radical (unpaired) electrons. The van der Waals surface area contributed by atoms with Crippen LogP contribution in [0.25, 0.3) is 32.0 Å². The molecule has 1 amide bonds. The summed E-state index contributed by atoms with van der Waals surface area (Å²) in [5, 5.41) is 7.02. The largest absolute Gasteiger partial charge is 0.376 e. The second kappa shape index (κ2) is 8.08. The molecule has 0 atom stereocenters. The first kappa shape index (κ1) is 20.2. The van der Waals surface area contributed by atoms with Crippen LogP contribution in [-0.4, -0.2) is 51.0 Å². The number of thiazole rings is 1. The van der Waals surface area contributed by atoms with Crippen LogP contribution < -0.4 is 10.6 Å². The molecule has 0 aliphatic carbocycles. The summed E-state index contributed by atoms with van der Waals surface area (Å²) in [6.45, 7) is 1.10. The number of anilines is 1. The fourth-order valence-electron chi connectivity index (χ4n) is 3.76. The lowest BCUT2D eigenvalue weighted by atomic mass is 10.1. The van der Waals surface area contributed by atoms with E-state index >= 15 is 0 Å². The van der Waals surface area contributed by atoms with Gasteiger partial charge in [-0.15, -0.1) is 11.3 Å². The predicted molar refractivity (Wildman–Crippen MR) is 128 cm³/mol. The molecule has 0 saturated heterocycles. The van der Waals surface area contributed by atoms with Crippen LogP contribution in [0, 0.1) is 0 Å². The van der Waals surface area contributed by atoms with Gasteiger partial charge in [-0.25, -0.2) is 15.0 Å². The van der Waals surface area contributed by atoms with Crippen molar-refractivity contribution in [3.63, 3.8) is 0 Å². The normalized spacial score (nSPS) is 13.6. The first-order valence-electron chi connectivity index (χ1n) is 10.3. The predicted octanol–water partition coefficient (Wildman–Crippen LogP) is 3.29.